The number of aryl methyl sites for hydroxylation is 1. The van der Waals surface area contributed by atoms with Gasteiger partial charge in [0.2, 0.25) is 5.88 Å². The Labute approximate surface area is 131 Å². The number of fused-ring (bicyclic) bond motifs is 2. The van der Waals surface area contributed by atoms with Crippen molar-refractivity contribution in [3.63, 3.8) is 0 Å². The molecule has 1 aromatic carbocycles. The summed E-state index contributed by atoms with van der Waals surface area (Å²) in [7, 11) is 0. The number of halogens is 1. The summed E-state index contributed by atoms with van der Waals surface area (Å²) in [6.07, 6.45) is 0. The van der Waals surface area contributed by atoms with E-state index in [4.69, 9.17) is 4.74 Å². The first-order valence-electron chi connectivity index (χ1n) is 6.48. The van der Waals surface area contributed by atoms with Crippen LogP contribution in [0.1, 0.15) is 18.1 Å². The van der Waals surface area contributed by atoms with Crippen LogP contribution in [0.25, 0.3) is 0 Å². The minimum absolute atomic E-state index is 0.609. The fourth-order valence-electron chi connectivity index (χ4n) is 2.13. The quantitative estimate of drug-likeness (QED) is 0.699. The van der Waals surface area contributed by atoms with E-state index in [1.165, 1.54) is 21.7 Å². The topological polar surface area (TPSA) is 34.1 Å². The second-order valence-electron chi connectivity index (χ2n) is 4.67. The molecule has 3 rings (SSSR count). The van der Waals surface area contributed by atoms with Crippen molar-refractivity contribution in [3.8, 4) is 5.88 Å². The molecule has 0 fully saturated rings. The van der Waals surface area contributed by atoms with Gasteiger partial charge in [-0.3, -0.25) is 0 Å². The standard InChI is InChI=1S/C15H15BrN2OS/c1-4-19-14-10(16)7-11-15(18-14)20-12-6-5-8(2)9(3)13(12)17-11/h5-7,17H,4H2,1-3H3. The van der Waals surface area contributed by atoms with Crippen LogP contribution in [0, 0.1) is 13.8 Å². The van der Waals surface area contributed by atoms with E-state index in [2.05, 4.69) is 52.2 Å². The molecule has 0 spiro atoms. The van der Waals surface area contributed by atoms with Gasteiger partial charge in [0.15, 0.2) is 0 Å². The van der Waals surface area contributed by atoms with Crippen LogP contribution in [0.5, 0.6) is 5.88 Å². The number of nitrogens with zero attached hydrogens (tertiary/aromatic N) is 1. The summed E-state index contributed by atoms with van der Waals surface area (Å²) in [6, 6.07) is 6.32. The molecule has 104 valence electrons. The van der Waals surface area contributed by atoms with E-state index in [9.17, 15) is 0 Å². The molecule has 0 amide bonds. The summed E-state index contributed by atoms with van der Waals surface area (Å²) < 4.78 is 6.41. The molecule has 0 saturated heterocycles. The second kappa shape index (κ2) is 5.30. The molecule has 0 unspecified atom stereocenters. The van der Waals surface area contributed by atoms with E-state index in [1.54, 1.807) is 11.8 Å². The van der Waals surface area contributed by atoms with Gasteiger partial charge in [-0.15, -0.1) is 0 Å². The molecule has 0 bridgehead atoms. The number of ether oxygens (including phenoxy) is 1. The molecular weight excluding hydrogens is 336 g/mol. The maximum atomic E-state index is 5.53. The molecule has 0 saturated carbocycles. The van der Waals surface area contributed by atoms with Gasteiger partial charge in [-0.2, -0.15) is 0 Å². The van der Waals surface area contributed by atoms with Crippen molar-refractivity contribution in [1.29, 1.82) is 0 Å². The van der Waals surface area contributed by atoms with Crippen molar-refractivity contribution in [2.45, 2.75) is 30.7 Å². The smallest absolute Gasteiger partial charge is 0.229 e. The molecule has 20 heavy (non-hydrogen) atoms. The summed E-state index contributed by atoms with van der Waals surface area (Å²) in [4.78, 5) is 5.79. The van der Waals surface area contributed by atoms with Crippen molar-refractivity contribution in [2.24, 2.45) is 0 Å². The van der Waals surface area contributed by atoms with Crippen molar-refractivity contribution >= 4 is 39.1 Å². The SMILES string of the molecule is CCOc1nc2c(cc1Br)Nc1c(ccc(C)c1C)S2. The second-order valence-corrected chi connectivity index (χ2v) is 6.55. The van der Waals surface area contributed by atoms with Gasteiger partial charge in [-0.05, 0) is 60.0 Å². The van der Waals surface area contributed by atoms with Gasteiger partial charge >= 0.3 is 0 Å². The van der Waals surface area contributed by atoms with E-state index >= 15 is 0 Å². The largest absolute Gasteiger partial charge is 0.477 e. The molecule has 5 heteroatoms. The van der Waals surface area contributed by atoms with Gasteiger partial charge in [-0.1, -0.05) is 17.8 Å². The number of hydrogen-bond donors (Lipinski definition) is 1. The number of benzene rings is 1. The van der Waals surface area contributed by atoms with Gasteiger partial charge in [0.1, 0.15) is 5.03 Å². The van der Waals surface area contributed by atoms with Crippen molar-refractivity contribution in [2.75, 3.05) is 11.9 Å². The lowest BCUT2D eigenvalue weighted by molar-refractivity contribution is 0.322. The Kier molecular flexibility index (Phi) is 3.65. The van der Waals surface area contributed by atoms with E-state index in [-0.39, 0.29) is 0 Å². The number of pyridine rings is 1. The lowest BCUT2D eigenvalue weighted by Gasteiger charge is -2.23. The summed E-state index contributed by atoms with van der Waals surface area (Å²) in [5.74, 6) is 0.646. The Morgan fingerprint density at radius 1 is 1.35 bits per heavy atom. The highest BCUT2D eigenvalue weighted by atomic mass is 79.9. The number of nitrogens with one attached hydrogen (secondary N) is 1. The summed E-state index contributed by atoms with van der Waals surface area (Å²) in [5.41, 5.74) is 4.77. The first-order valence-corrected chi connectivity index (χ1v) is 8.09. The fraction of sp³-hybridized carbons (Fsp3) is 0.267. The van der Waals surface area contributed by atoms with Gasteiger partial charge < -0.3 is 10.1 Å². The minimum Gasteiger partial charge on any atom is -0.477 e. The monoisotopic (exact) mass is 350 g/mol. The molecule has 2 heterocycles. The normalized spacial score (nSPS) is 12.4. The predicted molar refractivity (Wildman–Crippen MR) is 86.4 cm³/mol. The number of rotatable bonds is 2. The highest BCUT2D eigenvalue weighted by Gasteiger charge is 2.21. The Hall–Kier alpha value is -1.20. The maximum Gasteiger partial charge on any atom is 0.229 e. The maximum absolute atomic E-state index is 5.53. The molecule has 1 aliphatic heterocycles. The zero-order valence-corrected chi connectivity index (χ0v) is 14.0. The predicted octanol–water partition coefficient (Wildman–Crippen LogP) is 5.07. The molecule has 1 aromatic heterocycles. The molecule has 0 atom stereocenters. The average molecular weight is 351 g/mol. The zero-order chi connectivity index (χ0) is 14.3. The molecule has 2 aromatic rings. The molecule has 0 aliphatic carbocycles. The zero-order valence-electron chi connectivity index (χ0n) is 11.6. The van der Waals surface area contributed by atoms with E-state index in [0.29, 0.717) is 12.5 Å². The Morgan fingerprint density at radius 3 is 2.90 bits per heavy atom. The van der Waals surface area contributed by atoms with E-state index < -0.39 is 0 Å². The Balaban J connectivity index is 2.06. The van der Waals surface area contributed by atoms with Crippen LogP contribution in [-0.2, 0) is 0 Å². The Morgan fingerprint density at radius 2 is 2.15 bits per heavy atom. The third-order valence-corrected chi connectivity index (χ3v) is 4.99. The number of hydrogen-bond acceptors (Lipinski definition) is 4. The van der Waals surface area contributed by atoms with Crippen molar-refractivity contribution in [1.82, 2.24) is 4.98 Å². The third kappa shape index (κ3) is 2.29. The molecule has 1 aliphatic rings. The molecular formula is C15H15BrN2OS. The van der Waals surface area contributed by atoms with Crippen LogP contribution in [0.2, 0.25) is 0 Å². The minimum atomic E-state index is 0.609. The van der Waals surface area contributed by atoms with Crippen molar-refractivity contribution in [3.05, 3.63) is 33.8 Å². The summed E-state index contributed by atoms with van der Waals surface area (Å²) >= 11 is 5.19. The Bertz CT molecular complexity index is 688. The summed E-state index contributed by atoms with van der Waals surface area (Å²) in [5, 5.41) is 4.44. The van der Waals surface area contributed by atoms with Gasteiger partial charge in [0.05, 0.1) is 22.5 Å². The van der Waals surface area contributed by atoms with Crippen molar-refractivity contribution < 1.29 is 4.74 Å². The van der Waals surface area contributed by atoms with Gasteiger partial charge in [0.25, 0.3) is 0 Å². The third-order valence-electron chi connectivity index (χ3n) is 3.35. The van der Waals surface area contributed by atoms with E-state index in [1.807, 2.05) is 13.0 Å². The highest BCUT2D eigenvalue weighted by molar-refractivity contribution is 9.10. The first kappa shape index (κ1) is 13.8. The van der Waals surface area contributed by atoms with E-state index in [0.717, 1.165) is 15.2 Å². The van der Waals surface area contributed by atoms with Gasteiger partial charge in [-0.25, -0.2) is 4.98 Å². The van der Waals surface area contributed by atoms with Crippen LogP contribution >= 0.6 is 27.7 Å². The lowest BCUT2D eigenvalue weighted by Crippen LogP contribution is -2.06. The molecule has 3 nitrogen and oxygen atoms in total. The molecule has 1 N–H and O–H groups in total. The fourth-order valence-corrected chi connectivity index (χ4v) is 3.56. The number of aromatic nitrogens is 1. The van der Waals surface area contributed by atoms with Gasteiger partial charge in [0, 0.05) is 4.90 Å². The van der Waals surface area contributed by atoms with Crippen LogP contribution < -0.4 is 10.1 Å². The molecule has 0 radical (unpaired) electrons. The lowest BCUT2D eigenvalue weighted by atomic mass is 10.1. The van der Waals surface area contributed by atoms with Crippen LogP contribution in [-0.4, -0.2) is 11.6 Å². The highest BCUT2D eigenvalue weighted by Crippen LogP contribution is 2.47. The number of anilines is 2. The van der Waals surface area contributed by atoms with Crippen LogP contribution in [0.4, 0.5) is 11.4 Å². The first-order chi connectivity index (χ1) is 9.60. The van der Waals surface area contributed by atoms with Crippen LogP contribution in [0.3, 0.4) is 0 Å². The summed E-state index contributed by atoms with van der Waals surface area (Å²) in [6.45, 7) is 6.84. The average Bonchev–Trinajstić information content (AvgIpc) is 2.43. The van der Waals surface area contributed by atoms with Crippen LogP contribution in [0.15, 0.2) is 32.6 Å².